The van der Waals surface area contributed by atoms with Crippen molar-refractivity contribution in [3.8, 4) is 0 Å². The minimum absolute atomic E-state index is 0.110. The molecule has 0 saturated heterocycles. The first kappa shape index (κ1) is 13.8. The lowest BCUT2D eigenvalue weighted by molar-refractivity contribution is -0.144. The lowest BCUT2D eigenvalue weighted by atomic mass is 10.1. The highest BCUT2D eigenvalue weighted by atomic mass is 32.1. The fourth-order valence-corrected chi connectivity index (χ4v) is 2.04. The van der Waals surface area contributed by atoms with Gasteiger partial charge >= 0.3 is 6.18 Å². The zero-order chi connectivity index (χ0) is 13.9. The van der Waals surface area contributed by atoms with Gasteiger partial charge in [0.25, 0.3) is 0 Å². The van der Waals surface area contributed by atoms with Crippen LogP contribution in [0.1, 0.15) is 11.4 Å². The second kappa shape index (κ2) is 5.54. The largest absolute Gasteiger partial charge is 0.452 e. The molecule has 0 atom stereocenters. The number of nitrogens with zero attached hydrogens (tertiary/aromatic N) is 2. The van der Waals surface area contributed by atoms with Crippen LogP contribution in [0.25, 0.3) is 0 Å². The highest BCUT2D eigenvalue weighted by Gasteiger charge is 2.36. The van der Waals surface area contributed by atoms with Crippen molar-refractivity contribution in [1.82, 2.24) is 9.36 Å². The van der Waals surface area contributed by atoms with Crippen molar-refractivity contribution in [3.05, 3.63) is 35.7 Å². The Labute approximate surface area is 111 Å². The Hall–Kier alpha value is -1.67. The van der Waals surface area contributed by atoms with Crippen LogP contribution < -0.4 is 11.1 Å². The second-order valence-electron chi connectivity index (χ2n) is 3.78. The average molecular weight is 288 g/mol. The number of nitrogens with two attached hydrogens (primary N) is 1. The van der Waals surface area contributed by atoms with Gasteiger partial charge in [0.05, 0.1) is 0 Å². The maximum atomic E-state index is 12.3. The highest BCUT2D eigenvalue weighted by Crippen LogP contribution is 2.29. The van der Waals surface area contributed by atoms with E-state index < -0.39 is 12.0 Å². The summed E-state index contributed by atoms with van der Waals surface area (Å²) in [5, 5.41) is 2.89. The van der Waals surface area contributed by atoms with Gasteiger partial charge in [-0.05, 0) is 30.7 Å². The predicted octanol–water partition coefficient (Wildman–Crippen LogP) is 2.80. The van der Waals surface area contributed by atoms with Crippen molar-refractivity contribution in [2.75, 3.05) is 11.9 Å². The number of hydrogen-bond acceptors (Lipinski definition) is 5. The Morgan fingerprint density at radius 2 is 1.89 bits per heavy atom. The molecule has 0 aliphatic heterocycles. The van der Waals surface area contributed by atoms with Gasteiger partial charge in [-0.1, -0.05) is 12.1 Å². The molecule has 0 unspecified atom stereocenters. The van der Waals surface area contributed by atoms with E-state index >= 15 is 0 Å². The topological polar surface area (TPSA) is 63.8 Å². The number of halogens is 3. The molecular formula is C11H11F3N4S. The maximum Gasteiger partial charge on any atom is 0.452 e. The number of aromatic nitrogens is 2. The first-order valence-corrected chi connectivity index (χ1v) is 6.23. The van der Waals surface area contributed by atoms with Gasteiger partial charge in [-0.2, -0.15) is 22.5 Å². The summed E-state index contributed by atoms with van der Waals surface area (Å²) in [7, 11) is 0. The van der Waals surface area contributed by atoms with Gasteiger partial charge in [-0.25, -0.2) is 0 Å². The molecule has 2 rings (SSSR count). The van der Waals surface area contributed by atoms with Gasteiger partial charge in [0.1, 0.15) is 0 Å². The summed E-state index contributed by atoms with van der Waals surface area (Å²) in [6, 6.07) is 7.25. The van der Waals surface area contributed by atoms with E-state index in [-0.39, 0.29) is 5.13 Å². The van der Waals surface area contributed by atoms with Crippen LogP contribution in [0.5, 0.6) is 0 Å². The Kier molecular flexibility index (Phi) is 4.01. The van der Waals surface area contributed by atoms with Gasteiger partial charge in [0, 0.05) is 17.2 Å². The van der Waals surface area contributed by atoms with Crippen LogP contribution in [0.4, 0.5) is 24.0 Å². The SMILES string of the molecule is NCCc1ccc(Nc2nc(C(F)(F)F)ns2)cc1. The monoisotopic (exact) mass is 288 g/mol. The van der Waals surface area contributed by atoms with E-state index in [1.165, 1.54) is 0 Å². The summed E-state index contributed by atoms with van der Waals surface area (Å²) >= 11 is 0.673. The minimum Gasteiger partial charge on any atom is -0.330 e. The summed E-state index contributed by atoms with van der Waals surface area (Å²) in [5.74, 6) is -1.13. The van der Waals surface area contributed by atoms with Crippen molar-refractivity contribution in [2.24, 2.45) is 5.73 Å². The van der Waals surface area contributed by atoms with Crippen LogP contribution in [-0.2, 0) is 12.6 Å². The van der Waals surface area contributed by atoms with Crippen molar-refractivity contribution in [1.29, 1.82) is 0 Å². The predicted molar refractivity (Wildman–Crippen MR) is 67.4 cm³/mol. The van der Waals surface area contributed by atoms with E-state index in [9.17, 15) is 13.2 Å². The van der Waals surface area contributed by atoms with E-state index in [2.05, 4.69) is 14.7 Å². The van der Waals surface area contributed by atoms with Gasteiger partial charge in [0.2, 0.25) is 11.0 Å². The molecule has 1 aromatic heterocycles. The third kappa shape index (κ3) is 3.65. The van der Waals surface area contributed by atoms with Gasteiger partial charge in [0.15, 0.2) is 0 Å². The van der Waals surface area contributed by atoms with Crippen molar-refractivity contribution >= 4 is 22.4 Å². The lowest BCUT2D eigenvalue weighted by Crippen LogP contribution is -2.07. The molecule has 8 heteroatoms. The number of rotatable bonds is 4. The van der Waals surface area contributed by atoms with Gasteiger partial charge < -0.3 is 11.1 Å². The number of alkyl halides is 3. The third-order valence-electron chi connectivity index (χ3n) is 2.32. The molecule has 0 fully saturated rings. The average Bonchev–Trinajstić information content (AvgIpc) is 2.80. The Bertz CT molecular complexity index is 536. The van der Waals surface area contributed by atoms with E-state index in [0.717, 1.165) is 12.0 Å². The normalized spacial score (nSPS) is 11.6. The van der Waals surface area contributed by atoms with Crippen LogP contribution in [-0.4, -0.2) is 15.9 Å². The number of nitrogens with one attached hydrogen (secondary N) is 1. The molecule has 0 saturated carbocycles. The van der Waals surface area contributed by atoms with Gasteiger partial charge in [-0.3, -0.25) is 0 Å². The summed E-state index contributed by atoms with van der Waals surface area (Å²) in [5.41, 5.74) is 7.16. The molecular weight excluding hydrogens is 277 g/mol. The fraction of sp³-hybridized carbons (Fsp3) is 0.273. The van der Waals surface area contributed by atoms with Crippen molar-refractivity contribution in [2.45, 2.75) is 12.6 Å². The molecule has 0 bridgehead atoms. The molecule has 0 radical (unpaired) electrons. The molecule has 0 spiro atoms. The molecule has 0 aliphatic rings. The maximum absolute atomic E-state index is 12.3. The lowest BCUT2D eigenvalue weighted by Gasteiger charge is -2.03. The highest BCUT2D eigenvalue weighted by molar-refractivity contribution is 7.09. The molecule has 0 aliphatic carbocycles. The number of benzene rings is 1. The molecule has 1 heterocycles. The molecule has 3 N–H and O–H groups in total. The molecule has 1 aromatic carbocycles. The smallest absolute Gasteiger partial charge is 0.330 e. The van der Waals surface area contributed by atoms with Gasteiger partial charge in [-0.15, -0.1) is 0 Å². The van der Waals surface area contributed by atoms with Crippen LogP contribution in [0.2, 0.25) is 0 Å². The van der Waals surface area contributed by atoms with E-state index in [0.29, 0.717) is 23.8 Å². The zero-order valence-corrected chi connectivity index (χ0v) is 10.6. The van der Waals surface area contributed by atoms with E-state index in [1.54, 1.807) is 12.1 Å². The fourth-order valence-electron chi connectivity index (χ4n) is 1.43. The first-order valence-electron chi connectivity index (χ1n) is 5.46. The first-order chi connectivity index (χ1) is 8.99. The molecule has 2 aromatic rings. The molecule has 102 valence electrons. The summed E-state index contributed by atoms with van der Waals surface area (Å²) < 4.78 is 40.2. The third-order valence-corrected chi connectivity index (χ3v) is 2.95. The second-order valence-corrected chi connectivity index (χ2v) is 4.53. The summed E-state index contributed by atoms with van der Waals surface area (Å²) in [4.78, 5) is 3.39. The molecule has 0 amide bonds. The minimum atomic E-state index is -4.51. The Morgan fingerprint density at radius 1 is 1.21 bits per heavy atom. The Morgan fingerprint density at radius 3 is 2.42 bits per heavy atom. The summed E-state index contributed by atoms with van der Waals surface area (Å²) in [6.45, 7) is 0.554. The van der Waals surface area contributed by atoms with Crippen LogP contribution in [0.15, 0.2) is 24.3 Å². The number of anilines is 2. The van der Waals surface area contributed by atoms with Crippen LogP contribution in [0.3, 0.4) is 0 Å². The zero-order valence-electron chi connectivity index (χ0n) is 9.74. The van der Waals surface area contributed by atoms with Crippen LogP contribution >= 0.6 is 11.5 Å². The van der Waals surface area contributed by atoms with Crippen molar-refractivity contribution in [3.63, 3.8) is 0 Å². The standard InChI is InChI=1S/C11H11F3N4S/c12-11(13,14)9-17-10(19-18-9)16-8-3-1-7(2-4-8)5-6-15/h1-4H,5-6,15H2,(H,16,17,18). The molecule has 19 heavy (non-hydrogen) atoms. The Balaban J connectivity index is 2.06. The van der Waals surface area contributed by atoms with E-state index in [4.69, 9.17) is 5.73 Å². The van der Waals surface area contributed by atoms with E-state index in [1.807, 2.05) is 12.1 Å². The quantitative estimate of drug-likeness (QED) is 0.908. The summed E-state index contributed by atoms with van der Waals surface area (Å²) in [6.07, 6.45) is -3.75. The van der Waals surface area contributed by atoms with Crippen molar-refractivity contribution < 1.29 is 13.2 Å². The van der Waals surface area contributed by atoms with Crippen LogP contribution in [0, 0.1) is 0 Å². The molecule has 4 nitrogen and oxygen atoms in total. The number of hydrogen-bond donors (Lipinski definition) is 2.